The molecule has 2 aromatic rings. The van der Waals surface area contributed by atoms with Crippen molar-refractivity contribution in [3.63, 3.8) is 0 Å². The van der Waals surface area contributed by atoms with Crippen molar-refractivity contribution >= 4 is 5.91 Å². The van der Waals surface area contributed by atoms with Gasteiger partial charge >= 0.3 is 0 Å². The third kappa shape index (κ3) is 2.70. The number of ether oxygens (including phenoxy) is 3. The summed E-state index contributed by atoms with van der Waals surface area (Å²) >= 11 is 0. The highest BCUT2D eigenvalue weighted by Gasteiger charge is 2.18. The smallest absolute Gasteiger partial charge is 0.251 e. The van der Waals surface area contributed by atoms with Gasteiger partial charge in [-0.3, -0.25) is 4.79 Å². The summed E-state index contributed by atoms with van der Waals surface area (Å²) in [5.74, 6) is 1.84. The molecule has 0 saturated carbocycles. The van der Waals surface area contributed by atoms with Gasteiger partial charge in [0.25, 0.3) is 5.91 Å². The lowest BCUT2D eigenvalue weighted by Crippen LogP contribution is -2.26. The molecule has 0 unspecified atom stereocenters. The predicted molar refractivity (Wildman–Crippen MR) is 81.4 cm³/mol. The molecule has 5 heteroatoms. The highest BCUT2D eigenvalue weighted by atomic mass is 16.7. The zero-order valence-corrected chi connectivity index (χ0v) is 12.5. The number of nitrogens with one attached hydrogen (secondary N) is 1. The summed E-state index contributed by atoms with van der Waals surface area (Å²) in [6.07, 6.45) is 0. The first-order chi connectivity index (χ1) is 10.7. The van der Waals surface area contributed by atoms with E-state index in [1.165, 1.54) is 0 Å². The largest absolute Gasteiger partial charge is 0.496 e. The number of methoxy groups -OCH3 is 1. The third-order valence-corrected chi connectivity index (χ3v) is 3.59. The van der Waals surface area contributed by atoms with Crippen molar-refractivity contribution in [2.24, 2.45) is 0 Å². The summed E-state index contributed by atoms with van der Waals surface area (Å²) < 4.78 is 15.9. The van der Waals surface area contributed by atoms with Gasteiger partial charge in [0.2, 0.25) is 6.79 Å². The molecule has 114 valence electrons. The van der Waals surface area contributed by atoms with Crippen LogP contribution in [0.5, 0.6) is 17.2 Å². The van der Waals surface area contributed by atoms with Crippen LogP contribution in [0.2, 0.25) is 0 Å². The van der Waals surface area contributed by atoms with Gasteiger partial charge < -0.3 is 19.5 Å². The fourth-order valence-electron chi connectivity index (χ4n) is 2.42. The highest BCUT2D eigenvalue weighted by molar-refractivity contribution is 5.95. The molecule has 0 radical (unpaired) electrons. The molecule has 2 aromatic carbocycles. The summed E-state index contributed by atoms with van der Waals surface area (Å²) in [6.45, 7) is 2.11. The summed E-state index contributed by atoms with van der Waals surface area (Å²) in [6, 6.07) is 12.6. The Labute approximate surface area is 128 Å². The first-order valence-corrected chi connectivity index (χ1v) is 7.02. The van der Waals surface area contributed by atoms with Gasteiger partial charge in [-0.05, 0) is 31.2 Å². The van der Waals surface area contributed by atoms with Crippen molar-refractivity contribution in [2.45, 2.75) is 13.0 Å². The average Bonchev–Trinajstić information content (AvgIpc) is 3.02. The van der Waals surface area contributed by atoms with Gasteiger partial charge in [-0.1, -0.05) is 18.2 Å². The van der Waals surface area contributed by atoms with E-state index >= 15 is 0 Å². The number of rotatable bonds is 4. The van der Waals surface area contributed by atoms with E-state index in [1.54, 1.807) is 25.3 Å². The summed E-state index contributed by atoms with van der Waals surface area (Å²) in [5, 5.41) is 2.96. The Bertz CT molecular complexity index is 699. The van der Waals surface area contributed by atoms with Crippen LogP contribution >= 0.6 is 0 Å². The van der Waals surface area contributed by atoms with Gasteiger partial charge in [0.1, 0.15) is 5.75 Å². The van der Waals surface area contributed by atoms with Crippen molar-refractivity contribution < 1.29 is 19.0 Å². The minimum atomic E-state index is -0.172. The summed E-state index contributed by atoms with van der Waals surface area (Å²) in [5.41, 5.74) is 1.46. The van der Waals surface area contributed by atoms with Crippen LogP contribution in [0.1, 0.15) is 28.9 Å². The lowest BCUT2D eigenvalue weighted by molar-refractivity contribution is 0.0939. The van der Waals surface area contributed by atoms with Crippen LogP contribution in [0.25, 0.3) is 0 Å². The Kier molecular flexibility index (Phi) is 3.87. The topological polar surface area (TPSA) is 56.8 Å². The molecule has 1 aliphatic rings. The zero-order chi connectivity index (χ0) is 15.5. The van der Waals surface area contributed by atoms with Gasteiger partial charge in [0.15, 0.2) is 11.5 Å². The fourth-order valence-corrected chi connectivity index (χ4v) is 2.42. The molecular weight excluding hydrogens is 282 g/mol. The van der Waals surface area contributed by atoms with Crippen molar-refractivity contribution in [1.29, 1.82) is 0 Å². The number of hydrogen-bond acceptors (Lipinski definition) is 4. The minimum absolute atomic E-state index is 0.170. The fraction of sp³-hybridized carbons (Fsp3) is 0.235. The van der Waals surface area contributed by atoms with E-state index in [0.717, 1.165) is 11.3 Å². The second kappa shape index (κ2) is 5.97. The second-order valence-electron chi connectivity index (χ2n) is 5.01. The molecule has 1 N–H and O–H groups in total. The summed E-state index contributed by atoms with van der Waals surface area (Å²) in [4.78, 5) is 12.4. The molecule has 1 atom stereocenters. The van der Waals surface area contributed by atoms with E-state index in [0.29, 0.717) is 17.1 Å². The number of carbonyl (C=O) groups excluding carboxylic acids is 1. The molecular formula is C17H17NO4. The van der Waals surface area contributed by atoms with Crippen LogP contribution < -0.4 is 19.5 Å². The van der Waals surface area contributed by atoms with Crippen LogP contribution in [-0.2, 0) is 0 Å². The second-order valence-corrected chi connectivity index (χ2v) is 5.01. The van der Waals surface area contributed by atoms with Gasteiger partial charge in [0, 0.05) is 11.1 Å². The van der Waals surface area contributed by atoms with Crippen molar-refractivity contribution in [3.8, 4) is 17.2 Å². The van der Waals surface area contributed by atoms with E-state index in [-0.39, 0.29) is 18.7 Å². The first-order valence-electron chi connectivity index (χ1n) is 7.02. The lowest BCUT2D eigenvalue weighted by atomic mass is 10.1. The highest BCUT2D eigenvalue weighted by Crippen LogP contribution is 2.32. The van der Waals surface area contributed by atoms with E-state index in [2.05, 4.69) is 5.32 Å². The average molecular weight is 299 g/mol. The number of carbonyl (C=O) groups is 1. The number of hydrogen-bond donors (Lipinski definition) is 1. The van der Waals surface area contributed by atoms with Crippen LogP contribution in [-0.4, -0.2) is 19.8 Å². The molecule has 1 heterocycles. The standard InChI is InChI=1S/C17H17NO4/c1-11(13-5-3-4-6-14(13)20-2)18-17(19)12-7-8-15-16(9-12)22-10-21-15/h3-9,11H,10H2,1-2H3,(H,18,19)/t11-/m0/s1. The molecule has 5 nitrogen and oxygen atoms in total. The van der Waals surface area contributed by atoms with Gasteiger partial charge in [0.05, 0.1) is 13.2 Å². The van der Waals surface area contributed by atoms with Crippen LogP contribution in [0.4, 0.5) is 0 Å². The van der Waals surface area contributed by atoms with Gasteiger partial charge in [-0.25, -0.2) is 0 Å². The van der Waals surface area contributed by atoms with Crippen LogP contribution in [0, 0.1) is 0 Å². The Hall–Kier alpha value is -2.69. The van der Waals surface area contributed by atoms with E-state index in [1.807, 2.05) is 31.2 Å². The number of para-hydroxylation sites is 1. The van der Waals surface area contributed by atoms with Gasteiger partial charge in [-0.2, -0.15) is 0 Å². The molecule has 0 aromatic heterocycles. The van der Waals surface area contributed by atoms with E-state index in [4.69, 9.17) is 14.2 Å². The maximum absolute atomic E-state index is 12.4. The maximum atomic E-state index is 12.4. The maximum Gasteiger partial charge on any atom is 0.251 e. The molecule has 0 aliphatic carbocycles. The Morgan fingerprint density at radius 1 is 1.18 bits per heavy atom. The van der Waals surface area contributed by atoms with E-state index in [9.17, 15) is 4.79 Å². The number of fused-ring (bicyclic) bond motifs is 1. The van der Waals surface area contributed by atoms with Crippen LogP contribution in [0.15, 0.2) is 42.5 Å². The minimum Gasteiger partial charge on any atom is -0.496 e. The zero-order valence-electron chi connectivity index (χ0n) is 12.5. The number of amides is 1. The molecule has 0 saturated heterocycles. The van der Waals surface area contributed by atoms with Gasteiger partial charge in [-0.15, -0.1) is 0 Å². The van der Waals surface area contributed by atoms with E-state index < -0.39 is 0 Å². The van der Waals surface area contributed by atoms with Crippen molar-refractivity contribution in [1.82, 2.24) is 5.32 Å². The molecule has 1 aliphatic heterocycles. The summed E-state index contributed by atoms with van der Waals surface area (Å²) in [7, 11) is 1.62. The monoisotopic (exact) mass is 299 g/mol. The molecule has 1 amide bonds. The Morgan fingerprint density at radius 3 is 2.77 bits per heavy atom. The molecule has 3 rings (SSSR count). The third-order valence-electron chi connectivity index (χ3n) is 3.59. The molecule has 0 fully saturated rings. The predicted octanol–water partition coefficient (Wildman–Crippen LogP) is 2.91. The molecule has 0 bridgehead atoms. The Balaban J connectivity index is 1.76. The van der Waals surface area contributed by atoms with Crippen molar-refractivity contribution in [3.05, 3.63) is 53.6 Å². The first kappa shape index (κ1) is 14.3. The molecule has 22 heavy (non-hydrogen) atoms. The van der Waals surface area contributed by atoms with Crippen LogP contribution in [0.3, 0.4) is 0 Å². The lowest BCUT2D eigenvalue weighted by Gasteiger charge is -2.17. The number of benzene rings is 2. The SMILES string of the molecule is COc1ccccc1[C@H](C)NC(=O)c1ccc2c(c1)OCO2. The molecule has 0 spiro atoms. The van der Waals surface area contributed by atoms with Crippen molar-refractivity contribution in [2.75, 3.05) is 13.9 Å². The Morgan fingerprint density at radius 2 is 1.95 bits per heavy atom. The quantitative estimate of drug-likeness (QED) is 0.943. The normalized spacial score (nSPS) is 13.5.